The minimum Gasteiger partial charge on any atom is -0.480 e. The van der Waals surface area contributed by atoms with Gasteiger partial charge in [-0.25, -0.2) is 9.89 Å². The Morgan fingerprint density at radius 1 is 1.08 bits per heavy atom. The lowest BCUT2D eigenvalue weighted by Gasteiger charge is -2.32. The zero-order valence-electron chi connectivity index (χ0n) is 20.7. The number of nitrogens with zero attached hydrogens (tertiary/aromatic N) is 5. The summed E-state index contributed by atoms with van der Waals surface area (Å²) in [6.45, 7) is 3.65. The van der Waals surface area contributed by atoms with E-state index in [1.54, 1.807) is 13.8 Å². The number of hydrogen-bond donors (Lipinski definition) is 2. The minimum atomic E-state index is -1.06. The maximum atomic E-state index is 13.1. The molecule has 1 amide bonds. The summed E-state index contributed by atoms with van der Waals surface area (Å²) in [5.74, 6) is -1.09. The number of unbranched alkanes of at least 4 members (excludes halogenated alkanes) is 2. The summed E-state index contributed by atoms with van der Waals surface area (Å²) in [4.78, 5) is 41.1. The second-order valence-corrected chi connectivity index (χ2v) is 8.91. The fourth-order valence-corrected chi connectivity index (χ4v) is 4.16. The highest BCUT2D eigenvalue weighted by Gasteiger charge is 2.32. The van der Waals surface area contributed by atoms with Crippen molar-refractivity contribution >= 4 is 11.9 Å². The molecule has 3 rings (SSSR count). The molecular weight excluding hydrogens is 480 g/mol. The zero-order chi connectivity index (χ0) is 26.8. The average Bonchev–Trinajstić information content (AvgIpc) is 3.40. The van der Waals surface area contributed by atoms with E-state index < -0.39 is 17.1 Å². The van der Waals surface area contributed by atoms with Crippen molar-refractivity contribution in [3.63, 3.8) is 0 Å². The Labute approximate surface area is 213 Å². The van der Waals surface area contributed by atoms with Gasteiger partial charge in [-0.3, -0.25) is 4.79 Å². The second-order valence-electron chi connectivity index (χ2n) is 8.91. The summed E-state index contributed by atoms with van der Waals surface area (Å²) < 4.78 is 0. The first kappa shape index (κ1) is 27.2. The summed E-state index contributed by atoms with van der Waals surface area (Å²) in [6, 6.07) is 14.3. The summed E-state index contributed by atoms with van der Waals surface area (Å²) in [7, 11) is 0. The number of benzene rings is 2. The molecule has 1 aromatic heterocycles. The largest absolute Gasteiger partial charge is 0.480 e. The highest BCUT2D eigenvalue weighted by molar-refractivity contribution is 5.84. The molecule has 37 heavy (non-hydrogen) atoms. The molecule has 0 saturated heterocycles. The van der Waals surface area contributed by atoms with Gasteiger partial charge in [0.15, 0.2) is 5.82 Å². The fraction of sp³-hybridized carbons (Fsp3) is 0.400. The number of rotatable bonds is 14. The Morgan fingerprint density at radius 2 is 1.78 bits per heavy atom. The normalized spacial score (nSPS) is 11.8. The Morgan fingerprint density at radius 3 is 2.38 bits per heavy atom. The number of amides is 1. The standard InChI is InChI=1S/C25H30N6O6/c1-17(2)23(25(33)34)30(22(32)10-4-3-7-15-37-31(35)36)16-18-11-13-19(14-12-18)20-8-5-6-9-21(20)24-26-28-29-27-24/h5-6,8-9,11-14,17,23H,3-4,7,10,15-16H2,1-2H3,(H,33,34)(H,26,27,28,29)/t23-/m0/s1. The third kappa shape index (κ3) is 7.56. The fourth-order valence-electron chi connectivity index (χ4n) is 4.16. The van der Waals surface area contributed by atoms with Crippen molar-refractivity contribution in [3.8, 4) is 22.5 Å². The number of carbonyl (C=O) groups is 2. The first-order valence-electron chi connectivity index (χ1n) is 12.0. The van der Waals surface area contributed by atoms with E-state index in [2.05, 4.69) is 25.5 Å². The molecule has 0 aliphatic carbocycles. The highest BCUT2D eigenvalue weighted by Crippen LogP contribution is 2.30. The highest BCUT2D eigenvalue weighted by atomic mass is 16.9. The van der Waals surface area contributed by atoms with Crippen LogP contribution in [0.15, 0.2) is 48.5 Å². The van der Waals surface area contributed by atoms with Gasteiger partial charge in [-0.05, 0) is 45.9 Å². The van der Waals surface area contributed by atoms with E-state index in [0.717, 1.165) is 22.3 Å². The van der Waals surface area contributed by atoms with E-state index in [9.17, 15) is 24.8 Å². The maximum Gasteiger partial charge on any atom is 0.326 e. The molecule has 0 saturated carbocycles. The van der Waals surface area contributed by atoms with Gasteiger partial charge in [0.25, 0.3) is 5.09 Å². The number of nitrogens with one attached hydrogen (secondary N) is 1. The number of aliphatic carboxylic acids is 1. The van der Waals surface area contributed by atoms with Crippen LogP contribution >= 0.6 is 0 Å². The van der Waals surface area contributed by atoms with Crippen LogP contribution in [0.1, 0.15) is 45.1 Å². The number of aromatic nitrogens is 4. The van der Waals surface area contributed by atoms with Crippen molar-refractivity contribution in [2.45, 2.75) is 52.1 Å². The molecule has 0 radical (unpaired) electrons. The van der Waals surface area contributed by atoms with Crippen LogP contribution in [0.3, 0.4) is 0 Å². The number of H-pyrrole nitrogens is 1. The smallest absolute Gasteiger partial charge is 0.326 e. The number of carboxylic acid groups (broad SMARTS) is 1. The van der Waals surface area contributed by atoms with Crippen LogP contribution in [0.25, 0.3) is 22.5 Å². The van der Waals surface area contributed by atoms with E-state index in [1.165, 1.54) is 4.90 Å². The maximum absolute atomic E-state index is 13.1. The Balaban J connectivity index is 1.74. The van der Waals surface area contributed by atoms with E-state index >= 15 is 0 Å². The molecule has 0 bridgehead atoms. The second kappa shape index (κ2) is 13.1. The topological polar surface area (TPSA) is 164 Å². The molecule has 12 heteroatoms. The van der Waals surface area contributed by atoms with Gasteiger partial charge < -0.3 is 14.8 Å². The quantitative estimate of drug-likeness (QED) is 0.187. The van der Waals surface area contributed by atoms with Crippen molar-refractivity contribution in [2.75, 3.05) is 6.61 Å². The Bertz CT molecular complexity index is 1180. The number of tetrazole rings is 1. The molecule has 3 aromatic rings. The van der Waals surface area contributed by atoms with Crippen LogP contribution < -0.4 is 0 Å². The lowest BCUT2D eigenvalue weighted by molar-refractivity contribution is -0.757. The van der Waals surface area contributed by atoms with Crippen molar-refractivity contribution in [1.82, 2.24) is 25.5 Å². The number of hydrogen-bond acceptors (Lipinski definition) is 8. The number of carbonyl (C=O) groups excluding carboxylic acids is 1. The van der Waals surface area contributed by atoms with Crippen molar-refractivity contribution < 1.29 is 24.6 Å². The molecule has 0 aliphatic heterocycles. The van der Waals surface area contributed by atoms with Gasteiger partial charge in [-0.15, -0.1) is 15.2 Å². The molecule has 0 unspecified atom stereocenters. The summed E-state index contributed by atoms with van der Waals surface area (Å²) in [6.07, 6.45) is 1.62. The van der Waals surface area contributed by atoms with Gasteiger partial charge >= 0.3 is 5.97 Å². The van der Waals surface area contributed by atoms with Gasteiger partial charge in [-0.2, -0.15) is 0 Å². The predicted molar refractivity (Wildman–Crippen MR) is 133 cm³/mol. The Hall–Kier alpha value is -4.35. The van der Waals surface area contributed by atoms with E-state index in [1.807, 2.05) is 48.5 Å². The minimum absolute atomic E-state index is 0.0307. The van der Waals surface area contributed by atoms with E-state index in [0.29, 0.717) is 25.1 Å². The van der Waals surface area contributed by atoms with Crippen molar-refractivity contribution in [1.29, 1.82) is 0 Å². The molecule has 2 N–H and O–H groups in total. The lowest BCUT2D eigenvalue weighted by Crippen LogP contribution is -2.47. The first-order chi connectivity index (χ1) is 17.8. The van der Waals surface area contributed by atoms with Gasteiger partial charge in [0.05, 0.1) is 6.61 Å². The van der Waals surface area contributed by atoms with Crippen molar-refractivity contribution in [3.05, 3.63) is 64.2 Å². The predicted octanol–water partition coefficient (Wildman–Crippen LogP) is 3.74. The van der Waals surface area contributed by atoms with E-state index in [4.69, 9.17) is 0 Å². The summed E-state index contributed by atoms with van der Waals surface area (Å²) >= 11 is 0. The van der Waals surface area contributed by atoms with Crippen LogP contribution in [-0.2, 0) is 21.0 Å². The molecule has 0 spiro atoms. The average molecular weight is 511 g/mol. The zero-order valence-corrected chi connectivity index (χ0v) is 20.7. The molecule has 0 aliphatic rings. The molecule has 12 nitrogen and oxygen atoms in total. The first-order valence-corrected chi connectivity index (χ1v) is 12.0. The molecule has 0 fully saturated rings. The molecular formula is C25H30N6O6. The molecule has 196 valence electrons. The van der Waals surface area contributed by atoms with E-state index in [-0.39, 0.29) is 31.4 Å². The number of aromatic amines is 1. The summed E-state index contributed by atoms with van der Waals surface area (Å²) in [5, 5.41) is 33.3. The Kier molecular flexibility index (Phi) is 9.64. The SMILES string of the molecule is CC(C)[C@@H](C(=O)O)N(Cc1ccc(-c2ccccc2-c2nnn[nH]2)cc1)C(=O)CCCCCO[N+](=O)[O-]. The third-order valence-corrected chi connectivity index (χ3v) is 5.92. The lowest BCUT2D eigenvalue weighted by atomic mass is 9.97. The number of carboxylic acids is 1. The van der Waals surface area contributed by atoms with Crippen LogP contribution in [0.4, 0.5) is 0 Å². The molecule has 1 atom stereocenters. The monoisotopic (exact) mass is 510 g/mol. The third-order valence-electron chi connectivity index (χ3n) is 5.92. The van der Waals surface area contributed by atoms with Crippen LogP contribution in [0, 0.1) is 16.0 Å². The van der Waals surface area contributed by atoms with Crippen molar-refractivity contribution in [2.24, 2.45) is 5.92 Å². The molecule has 1 heterocycles. The van der Waals surface area contributed by atoms with Crippen LogP contribution in [0.2, 0.25) is 0 Å². The van der Waals surface area contributed by atoms with Gasteiger partial charge in [-0.1, -0.05) is 68.8 Å². The van der Waals surface area contributed by atoms with Gasteiger partial charge in [0.2, 0.25) is 5.91 Å². The molecule has 2 aromatic carbocycles. The van der Waals surface area contributed by atoms with Gasteiger partial charge in [0, 0.05) is 18.5 Å². The van der Waals surface area contributed by atoms with Gasteiger partial charge in [0.1, 0.15) is 6.04 Å². The van der Waals surface area contributed by atoms with Crippen LogP contribution in [0.5, 0.6) is 0 Å². The summed E-state index contributed by atoms with van der Waals surface area (Å²) in [5.41, 5.74) is 3.48. The van der Waals surface area contributed by atoms with Crippen LogP contribution in [-0.4, -0.2) is 60.2 Å².